The molecule has 0 atom stereocenters. The van der Waals surface area contributed by atoms with Crippen LogP contribution in [0.2, 0.25) is 5.02 Å². The van der Waals surface area contributed by atoms with E-state index in [0.717, 1.165) is 10.6 Å². The number of rotatable bonds is 11. The summed E-state index contributed by atoms with van der Waals surface area (Å²) in [5.41, 5.74) is 1.26. The number of hydroxylamine groups is 1. The van der Waals surface area contributed by atoms with Gasteiger partial charge in [-0.3, -0.25) is 10.0 Å². The lowest BCUT2D eigenvalue weighted by molar-refractivity contribution is -0.129. The first kappa shape index (κ1) is 27.9. The second-order valence-electron chi connectivity index (χ2n) is 6.90. The van der Waals surface area contributed by atoms with Crippen LogP contribution in [0.3, 0.4) is 0 Å². The Morgan fingerprint density at radius 1 is 1.06 bits per heavy atom. The molecule has 0 radical (unpaired) electrons. The van der Waals surface area contributed by atoms with Crippen LogP contribution in [-0.2, 0) is 24.8 Å². The van der Waals surface area contributed by atoms with Gasteiger partial charge in [0.2, 0.25) is 20.0 Å². The van der Waals surface area contributed by atoms with Crippen molar-refractivity contribution < 1.29 is 40.4 Å². The normalized spacial score (nSPS) is 12.2. The molecule has 0 unspecified atom stereocenters. The highest BCUT2D eigenvalue weighted by Gasteiger charge is 2.30. The second-order valence-corrected chi connectivity index (χ2v) is 11.3. The fourth-order valence-electron chi connectivity index (χ4n) is 2.81. The minimum absolute atomic E-state index is 0.0128. The van der Waals surface area contributed by atoms with Crippen molar-refractivity contribution in [1.82, 2.24) is 14.1 Å². The molecular formula is C19H22ClF2N3O7S2. The van der Waals surface area contributed by atoms with Crippen molar-refractivity contribution in [1.29, 1.82) is 0 Å². The smallest absolute Gasteiger partial charge is 0.258 e. The third-order valence-electron chi connectivity index (χ3n) is 4.51. The molecule has 2 rings (SSSR count). The lowest BCUT2D eigenvalue weighted by atomic mass is 10.3. The van der Waals surface area contributed by atoms with Gasteiger partial charge in [0.05, 0.1) is 17.7 Å². The molecule has 2 aromatic carbocycles. The SMILES string of the molecule is CCN(CCN(CC(=O)NO)S(=O)(=O)c1cc(F)c(Oc2ccc(Cl)cc2)c(F)c1)S(C)(=O)=O. The average Bonchev–Trinajstić information content (AvgIpc) is 2.75. The molecule has 0 saturated carbocycles. The highest BCUT2D eigenvalue weighted by molar-refractivity contribution is 7.89. The fourth-order valence-corrected chi connectivity index (χ4v) is 5.23. The highest BCUT2D eigenvalue weighted by Crippen LogP contribution is 2.31. The zero-order valence-corrected chi connectivity index (χ0v) is 20.4. The van der Waals surface area contributed by atoms with Gasteiger partial charge in [-0.2, -0.15) is 4.31 Å². The van der Waals surface area contributed by atoms with E-state index in [-0.39, 0.29) is 18.8 Å². The molecule has 0 aliphatic rings. The summed E-state index contributed by atoms with van der Waals surface area (Å²) in [7, 11) is -8.40. The summed E-state index contributed by atoms with van der Waals surface area (Å²) >= 11 is 5.75. The van der Waals surface area contributed by atoms with E-state index >= 15 is 0 Å². The minimum atomic E-state index is -4.71. The highest BCUT2D eigenvalue weighted by atomic mass is 35.5. The number of nitrogens with one attached hydrogen (secondary N) is 1. The third kappa shape index (κ3) is 7.07. The maximum absolute atomic E-state index is 14.6. The van der Waals surface area contributed by atoms with Crippen LogP contribution in [0, 0.1) is 11.6 Å². The van der Waals surface area contributed by atoms with Crippen molar-refractivity contribution in [3.8, 4) is 11.5 Å². The van der Waals surface area contributed by atoms with Crippen LogP contribution in [0.25, 0.3) is 0 Å². The Bertz CT molecular complexity index is 1220. The summed E-state index contributed by atoms with van der Waals surface area (Å²) in [6, 6.07) is 6.55. The first-order valence-corrected chi connectivity index (χ1v) is 13.3. The Balaban J connectivity index is 2.39. The molecule has 0 aromatic heterocycles. The van der Waals surface area contributed by atoms with E-state index in [0.29, 0.717) is 21.5 Å². The van der Waals surface area contributed by atoms with Crippen LogP contribution in [0.4, 0.5) is 8.78 Å². The molecule has 0 bridgehead atoms. The fraction of sp³-hybridized carbons (Fsp3) is 0.316. The van der Waals surface area contributed by atoms with Crippen LogP contribution in [0.1, 0.15) is 6.92 Å². The Kier molecular flexibility index (Phi) is 9.33. The van der Waals surface area contributed by atoms with Gasteiger partial charge in [-0.15, -0.1) is 0 Å². The molecule has 0 saturated heterocycles. The second kappa shape index (κ2) is 11.4. The predicted molar refractivity (Wildman–Crippen MR) is 119 cm³/mol. The summed E-state index contributed by atoms with van der Waals surface area (Å²) < 4.78 is 85.5. The number of ether oxygens (including phenoxy) is 1. The van der Waals surface area contributed by atoms with Crippen molar-refractivity contribution in [2.45, 2.75) is 11.8 Å². The number of sulfonamides is 2. The van der Waals surface area contributed by atoms with Crippen LogP contribution >= 0.6 is 11.6 Å². The number of halogens is 3. The van der Waals surface area contributed by atoms with E-state index in [9.17, 15) is 30.4 Å². The van der Waals surface area contributed by atoms with E-state index in [4.69, 9.17) is 21.5 Å². The summed E-state index contributed by atoms with van der Waals surface area (Å²) in [4.78, 5) is 10.8. The zero-order valence-electron chi connectivity index (χ0n) is 18.0. The number of hydrogen-bond donors (Lipinski definition) is 2. The third-order valence-corrected chi connectivity index (χ3v) is 7.96. The van der Waals surface area contributed by atoms with Gasteiger partial charge in [0.25, 0.3) is 5.91 Å². The van der Waals surface area contributed by atoms with Crippen molar-refractivity contribution in [3.63, 3.8) is 0 Å². The lowest BCUT2D eigenvalue weighted by Gasteiger charge is -2.25. The molecule has 0 aliphatic heterocycles. The maximum atomic E-state index is 14.6. The number of carbonyl (C=O) groups excluding carboxylic acids is 1. The van der Waals surface area contributed by atoms with Gasteiger partial charge in [-0.1, -0.05) is 18.5 Å². The van der Waals surface area contributed by atoms with Crippen LogP contribution in [0.15, 0.2) is 41.3 Å². The largest absolute Gasteiger partial charge is 0.451 e. The average molecular weight is 542 g/mol. The van der Waals surface area contributed by atoms with Crippen molar-refractivity contribution >= 4 is 37.6 Å². The van der Waals surface area contributed by atoms with E-state index < -0.39 is 61.3 Å². The minimum Gasteiger partial charge on any atom is -0.451 e. The number of benzene rings is 2. The molecule has 0 spiro atoms. The first-order valence-electron chi connectivity index (χ1n) is 9.60. The number of carbonyl (C=O) groups is 1. The summed E-state index contributed by atoms with van der Waals surface area (Å²) in [6.07, 6.45) is 0.917. The van der Waals surface area contributed by atoms with E-state index in [1.807, 2.05) is 0 Å². The molecule has 0 heterocycles. The Hall–Kier alpha value is -2.36. The van der Waals surface area contributed by atoms with Gasteiger partial charge in [-0.05, 0) is 36.4 Å². The molecule has 0 aliphatic carbocycles. The van der Waals surface area contributed by atoms with Crippen LogP contribution in [0.5, 0.6) is 11.5 Å². The number of nitrogens with zero attached hydrogens (tertiary/aromatic N) is 2. The Labute approximate surface area is 200 Å². The van der Waals surface area contributed by atoms with E-state index in [2.05, 4.69) is 0 Å². The van der Waals surface area contributed by atoms with Crippen molar-refractivity contribution in [2.75, 3.05) is 32.4 Å². The molecule has 1 amide bonds. The standard InChI is InChI=1S/C19H22ClF2N3O7S2/c1-3-24(33(2,28)29)8-9-25(12-18(26)23-27)34(30,31)15-10-16(21)19(17(22)11-15)32-14-6-4-13(20)5-7-14/h4-7,10-11,27H,3,8-9,12H2,1-2H3,(H,23,26). The van der Waals surface area contributed by atoms with Gasteiger partial charge in [0.15, 0.2) is 17.4 Å². The lowest BCUT2D eigenvalue weighted by Crippen LogP contribution is -2.44. The molecule has 188 valence electrons. The van der Waals surface area contributed by atoms with Crippen LogP contribution < -0.4 is 10.2 Å². The topological polar surface area (TPSA) is 133 Å². The van der Waals surface area contributed by atoms with Gasteiger partial charge in [0, 0.05) is 24.7 Å². The first-order chi connectivity index (χ1) is 15.8. The predicted octanol–water partition coefficient (Wildman–Crippen LogP) is 2.19. The summed E-state index contributed by atoms with van der Waals surface area (Å²) in [5.74, 6) is -4.65. The number of amides is 1. The molecule has 10 nitrogen and oxygen atoms in total. The molecule has 2 N–H and O–H groups in total. The van der Waals surface area contributed by atoms with Gasteiger partial charge >= 0.3 is 0 Å². The van der Waals surface area contributed by atoms with Crippen molar-refractivity contribution in [3.05, 3.63) is 53.1 Å². The molecule has 2 aromatic rings. The number of likely N-dealkylation sites (N-methyl/N-ethyl adjacent to an activating group) is 1. The van der Waals surface area contributed by atoms with E-state index in [1.165, 1.54) is 36.7 Å². The van der Waals surface area contributed by atoms with Gasteiger partial charge < -0.3 is 4.74 Å². The molecule has 0 fully saturated rings. The molecular weight excluding hydrogens is 520 g/mol. The van der Waals surface area contributed by atoms with Crippen LogP contribution in [-0.4, -0.2) is 69.0 Å². The quantitative estimate of drug-likeness (QED) is 0.329. The summed E-state index contributed by atoms with van der Waals surface area (Å²) in [6.45, 7) is -0.297. The van der Waals surface area contributed by atoms with Gasteiger partial charge in [-0.25, -0.2) is 35.4 Å². The van der Waals surface area contributed by atoms with Gasteiger partial charge in [0.1, 0.15) is 5.75 Å². The zero-order chi connectivity index (χ0) is 25.7. The van der Waals surface area contributed by atoms with E-state index in [1.54, 1.807) is 0 Å². The summed E-state index contributed by atoms with van der Waals surface area (Å²) in [5, 5.41) is 9.14. The van der Waals surface area contributed by atoms with Crippen molar-refractivity contribution in [2.24, 2.45) is 0 Å². The molecule has 15 heteroatoms. The molecule has 34 heavy (non-hydrogen) atoms. The monoisotopic (exact) mass is 541 g/mol. The maximum Gasteiger partial charge on any atom is 0.258 e. The Morgan fingerprint density at radius 3 is 2.06 bits per heavy atom. The Morgan fingerprint density at radius 2 is 1.59 bits per heavy atom. The number of hydrogen-bond acceptors (Lipinski definition) is 7.